The summed E-state index contributed by atoms with van der Waals surface area (Å²) in [5.41, 5.74) is 16.4. The van der Waals surface area contributed by atoms with Gasteiger partial charge in [0.05, 0.1) is 22.4 Å². The summed E-state index contributed by atoms with van der Waals surface area (Å²) >= 11 is 0. The van der Waals surface area contributed by atoms with Gasteiger partial charge in [0.2, 0.25) is 0 Å². The quantitative estimate of drug-likeness (QED) is 0.219. The summed E-state index contributed by atoms with van der Waals surface area (Å²) in [4.78, 5) is 4.97. The fourth-order valence-corrected chi connectivity index (χ4v) is 6.71. The highest BCUT2D eigenvalue weighted by Gasteiger charge is 2.22. The number of rotatable bonds is 3. The summed E-state index contributed by atoms with van der Waals surface area (Å²) in [6, 6.07) is 22.8. The van der Waals surface area contributed by atoms with Gasteiger partial charge in [0, 0.05) is 28.2 Å². The molecule has 208 valence electrons. The van der Waals surface area contributed by atoms with Gasteiger partial charge in [-0.05, 0) is 118 Å². The van der Waals surface area contributed by atoms with Gasteiger partial charge in [0.25, 0.3) is 0 Å². The lowest BCUT2D eigenvalue weighted by Gasteiger charge is -2.24. The van der Waals surface area contributed by atoms with E-state index in [2.05, 4.69) is 139 Å². The molecule has 0 aliphatic carbocycles. The van der Waals surface area contributed by atoms with Gasteiger partial charge in [-0.2, -0.15) is 0 Å². The predicted octanol–water partition coefficient (Wildman–Crippen LogP) is 10.1. The largest absolute Gasteiger partial charge is 0.309 e. The molecule has 0 aliphatic rings. The van der Waals surface area contributed by atoms with Crippen molar-refractivity contribution in [3.8, 4) is 22.8 Å². The lowest BCUT2D eigenvalue weighted by Crippen LogP contribution is -2.13. The van der Waals surface area contributed by atoms with Crippen molar-refractivity contribution < 1.29 is 0 Å². The highest BCUT2D eigenvalue weighted by molar-refractivity contribution is 6.11. The van der Waals surface area contributed by atoms with Crippen molar-refractivity contribution in [1.29, 1.82) is 0 Å². The predicted molar refractivity (Wildman–Crippen MR) is 175 cm³/mol. The van der Waals surface area contributed by atoms with E-state index in [4.69, 9.17) is 4.98 Å². The summed E-state index contributed by atoms with van der Waals surface area (Å²) in [5.74, 6) is 0.989. The molecule has 41 heavy (non-hydrogen) atoms. The molecule has 0 spiro atoms. The first-order chi connectivity index (χ1) is 19.4. The summed E-state index contributed by atoms with van der Waals surface area (Å²) in [6.07, 6.45) is 2.00. The molecule has 2 aromatic heterocycles. The van der Waals surface area contributed by atoms with E-state index in [0.29, 0.717) is 0 Å². The van der Waals surface area contributed by atoms with Crippen LogP contribution in [0.15, 0.2) is 66.9 Å². The topological polar surface area (TPSA) is 22.8 Å². The Hall–Kier alpha value is -4.11. The number of fused-ring (bicyclic) bond motifs is 3. The summed E-state index contributed by atoms with van der Waals surface area (Å²) < 4.78 is 4.81. The van der Waals surface area contributed by atoms with Crippen molar-refractivity contribution >= 4 is 21.8 Å². The van der Waals surface area contributed by atoms with E-state index >= 15 is 0 Å². The summed E-state index contributed by atoms with van der Waals surface area (Å²) in [6.45, 7) is 22.3. The third-order valence-corrected chi connectivity index (χ3v) is 8.65. The molecule has 0 unspecified atom stereocenters. The van der Waals surface area contributed by atoms with Gasteiger partial charge in [-0.25, -0.2) is 4.98 Å². The van der Waals surface area contributed by atoms with Crippen molar-refractivity contribution in [2.75, 3.05) is 0 Å². The maximum absolute atomic E-state index is 4.97. The average molecular weight is 540 g/mol. The van der Waals surface area contributed by atoms with Crippen LogP contribution >= 0.6 is 0 Å². The fourth-order valence-electron chi connectivity index (χ4n) is 6.71. The Kier molecular flexibility index (Phi) is 6.26. The maximum Gasteiger partial charge on any atom is 0.144 e. The number of benzene rings is 4. The Labute approximate surface area is 244 Å². The first kappa shape index (κ1) is 27.1. The van der Waals surface area contributed by atoms with Crippen LogP contribution in [0, 0.1) is 48.5 Å². The van der Waals surface area contributed by atoms with Crippen molar-refractivity contribution in [3.05, 3.63) is 111 Å². The van der Waals surface area contributed by atoms with Gasteiger partial charge in [0.15, 0.2) is 0 Å². The van der Waals surface area contributed by atoms with E-state index in [1.165, 1.54) is 72.1 Å². The lowest BCUT2D eigenvalue weighted by atomic mass is 9.84. The van der Waals surface area contributed by atoms with Gasteiger partial charge in [-0.3, -0.25) is 4.57 Å². The molecule has 0 aliphatic heterocycles. The molecule has 0 atom stereocenters. The Bertz CT molecular complexity index is 1940. The third kappa shape index (κ3) is 4.30. The number of hydrogen-bond acceptors (Lipinski definition) is 1. The van der Waals surface area contributed by atoms with E-state index in [1.54, 1.807) is 0 Å². The molecule has 0 N–H and O–H groups in total. The molecule has 0 saturated carbocycles. The second-order valence-corrected chi connectivity index (χ2v) is 13.1. The third-order valence-electron chi connectivity index (χ3n) is 8.65. The van der Waals surface area contributed by atoms with Crippen LogP contribution in [0.4, 0.5) is 0 Å². The normalized spacial score (nSPS) is 12.1. The van der Waals surface area contributed by atoms with Crippen LogP contribution in [0.2, 0.25) is 0 Å². The standard InChI is InChI=1S/C38H41N3/c1-22-14-15-32-31(16-22)34-23(2)12-11-13-33(34)41(32)36-24(3)17-29(18-25(36)4)37-39-21-28(7)40(37)35-26(5)19-30(20-27(35)6)38(8,9)10/h11-21H,1-10H3. The van der Waals surface area contributed by atoms with E-state index in [9.17, 15) is 0 Å². The minimum absolute atomic E-state index is 0.106. The Morgan fingerprint density at radius 3 is 1.85 bits per heavy atom. The van der Waals surface area contributed by atoms with Crippen molar-refractivity contribution in [2.45, 2.75) is 74.7 Å². The monoisotopic (exact) mass is 539 g/mol. The number of hydrogen-bond donors (Lipinski definition) is 0. The zero-order valence-corrected chi connectivity index (χ0v) is 26.2. The molecular weight excluding hydrogens is 498 g/mol. The number of imidazole rings is 1. The van der Waals surface area contributed by atoms with Crippen molar-refractivity contribution in [1.82, 2.24) is 14.1 Å². The molecule has 6 aromatic rings. The molecule has 0 radical (unpaired) electrons. The van der Waals surface area contributed by atoms with Crippen molar-refractivity contribution in [2.24, 2.45) is 0 Å². The Morgan fingerprint density at radius 1 is 0.610 bits per heavy atom. The summed E-state index contributed by atoms with van der Waals surface area (Å²) in [5, 5.41) is 2.65. The molecule has 0 bridgehead atoms. The van der Waals surface area contributed by atoms with E-state index in [1.807, 2.05) is 6.20 Å². The minimum atomic E-state index is 0.106. The molecule has 0 fully saturated rings. The molecule has 3 nitrogen and oxygen atoms in total. The first-order valence-corrected chi connectivity index (χ1v) is 14.7. The minimum Gasteiger partial charge on any atom is -0.309 e. The van der Waals surface area contributed by atoms with Crippen LogP contribution in [0.3, 0.4) is 0 Å². The SMILES string of the molecule is Cc1ccc2c(c1)c1c(C)cccc1n2-c1c(C)cc(-c2ncc(C)n2-c2c(C)cc(C(C)(C)C)cc2C)cc1C. The molecule has 0 saturated heterocycles. The van der Waals surface area contributed by atoms with Gasteiger partial charge in [-0.1, -0.05) is 56.7 Å². The average Bonchev–Trinajstić information content (AvgIpc) is 3.41. The molecule has 2 heterocycles. The number of aromatic nitrogens is 3. The van der Waals surface area contributed by atoms with Gasteiger partial charge in [0.1, 0.15) is 5.82 Å². The van der Waals surface area contributed by atoms with E-state index < -0.39 is 0 Å². The van der Waals surface area contributed by atoms with Crippen LogP contribution < -0.4 is 0 Å². The molecule has 0 amide bonds. The van der Waals surface area contributed by atoms with Crippen LogP contribution in [-0.4, -0.2) is 14.1 Å². The van der Waals surface area contributed by atoms with Crippen molar-refractivity contribution in [3.63, 3.8) is 0 Å². The first-order valence-electron chi connectivity index (χ1n) is 14.7. The van der Waals surface area contributed by atoms with Gasteiger partial charge >= 0.3 is 0 Å². The van der Waals surface area contributed by atoms with Crippen LogP contribution in [0.25, 0.3) is 44.6 Å². The highest BCUT2D eigenvalue weighted by atomic mass is 15.1. The summed E-state index contributed by atoms with van der Waals surface area (Å²) in [7, 11) is 0. The maximum atomic E-state index is 4.97. The van der Waals surface area contributed by atoms with Crippen LogP contribution in [0.1, 0.15) is 65.4 Å². The smallest absolute Gasteiger partial charge is 0.144 e. The highest BCUT2D eigenvalue weighted by Crippen LogP contribution is 2.38. The number of aryl methyl sites for hydroxylation is 7. The second-order valence-electron chi connectivity index (χ2n) is 13.1. The van der Waals surface area contributed by atoms with Crippen LogP contribution in [-0.2, 0) is 5.41 Å². The molecule has 4 aromatic carbocycles. The Morgan fingerprint density at radius 2 is 1.22 bits per heavy atom. The Balaban J connectivity index is 1.56. The fraction of sp³-hybridized carbons (Fsp3) is 0.289. The van der Waals surface area contributed by atoms with E-state index in [-0.39, 0.29) is 5.41 Å². The molecular formula is C38H41N3. The molecule has 6 rings (SSSR count). The van der Waals surface area contributed by atoms with E-state index in [0.717, 1.165) is 17.1 Å². The lowest BCUT2D eigenvalue weighted by molar-refractivity contribution is 0.589. The zero-order chi connectivity index (χ0) is 29.4. The molecule has 3 heteroatoms. The zero-order valence-electron chi connectivity index (χ0n) is 26.2. The van der Waals surface area contributed by atoms with Crippen LogP contribution in [0.5, 0.6) is 0 Å². The second kappa shape index (κ2) is 9.48. The van der Waals surface area contributed by atoms with Gasteiger partial charge in [-0.15, -0.1) is 0 Å². The number of nitrogens with zero attached hydrogens (tertiary/aromatic N) is 3. The van der Waals surface area contributed by atoms with Gasteiger partial charge < -0.3 is 4.57 Å².